The summed E-state index contributed by atoms with van der Waals surface area (Å²) in [6.07, 6.45) is 0. The molecule has 134 valence electrons. The van der Waals surface area contributed by atoms with Gasteiger partial charge in [-0.1, -0.05) is 71.7 Å². The SMILES string of the molecule is O=S(=O)(Nc1cc(OCc2ccccc2)c(Cl)cc1Cl)c1ccccc1. The molecule has 0 atom stereocenters. The molecule has 0 saturated heterocycles. The minimum Gasteiger partial charge on any atom is -0.487 e. The van der Waals surface area contributed by atoms with Crippen LogP contribution in [0.15, 0.2) is 77.7 Å². The molecule has 7 heteroatoms. The zero-order valence-corrected chi connectivity index (χ0v) is 15.9. The lowest BCUT2D eigenvalue weighted by atomic mass is 10.2. The second-order valence-corrected chi connectivity index (χ2v) is 7.95. The first-order valence-electron chi connectivity index (χ1n) is 7.69. The molecule has 0 aromatic heterocycles. The summed E-state index contributed by atoms with van der Waals surface area (Å²) in [5, 5.41) is 0.482. The van der Waals surface area contributed by atoms with Crippen LogP contribution in [0.4, 0.5) is 5.69 Å². The van der Waals surface area contributed by atoms with E-state index < -0.39 is 10.0 Å². The molecule has 0 heterocycles. The Morgan fingerprint density at radius 1 is 0.846 bits per heavy atom. The Bertz CT molecular complexity index is 994. The number of halogens is 2. The Kier molecular flexibility index (Phi) is 5.71. The molecule has 0 fully saturated rings. The first-order chi connectivity index (χ1) is 12.5. The third-order valence-electron chi connectivity index (χ3n) is 3.56. The largest absolute Gasteiger partial charge is 0.487 e. The van der Waals surface area contributed by atoms with Crippen molar-refractivity contribution < 1.29 is 13.2 Å². The number of hydrogen-bond acceptors (Lipinski definition) is 3. The Balaban J connectivity index is 1.84. The zero-order valence-electron chi connectivity index (χ0n) is 13.5. The van der Waals surface area contributed by atoms with Gasteiger partial charge in [0.25, 0.3) is 10.0 Å². The summed E-state index contributed by atoms with van der Waals surface area (Å²) < 4.78 is 33.2. The van der Waals surface area contributed by atoms with Gasteiger partial charge < -0.3 is 4.74 Å². The van der Waals surface area contributed by atoms with E-state index in [0.717, 1.165) is 5.56 Å². The molecule has 0 saturated carbocycles. The number of anilines is 1. The lowest BCUT2D eigenvalue weighted by Gasteiger charge is -2.14. The van der Waals surface area contributed by atoms with E-state index in [0.29, 0.717) is 17.4 Å². The summed E-state index contributed by atoms with van der Waals surface area (Å²) in [7, 11) is -3.77. The highest BCUT2D eigenvalue weighted by atomic mass is 35.5. The van der Waals surface area contributed by atoms with Crippen LogP contribution in [0.3, 0.4) is 0 Å². The fraction of sp³-hybridized carbons (Fsp3) is 0.0526. The maximum atomic E-state index is 12.5. The summed E-state index contributed by atoms with van der Waals surface area (Å²) in [5.74, 6) is 0.339. The summed E-state index contributed by atoms with van der Waals surface area (Å²) in [6.45, 7) is 0.299. The van der Waals surface area contributed by atoms with Gasteiger partial charge in [0, 0.05) is 6.07 Å². The monoisotopic (exact) mass is 407 g/mol. The molecule has 0 aliphatic rings. The predicted molar refractivity (Wildman–Crippen MR) is 104 cm³/mol. The van der Waals surface area contributed by atoms with E-state index in [1.54, 1.807) is 18.2 Å². The Labute approximate surface area is 162 Å². The first kappa shape index (κ1) is 18.6. The van der Waals surface area contributed by atoms with Crippen molar-refractivity contribution in [2.45, 2.75) is 11.5 Å². The van der Waals surface area contributed by atoms with Crippen molar-refractivity contribution in [2.24, 2.45) is 0 Å². The van der Waals surface area contributed by atoms with Crippen LogP contribution in [0, 0.1) is 0 Å². The molecule has 0 bridgehead atoms. The average Bonchev–Trinajstić information content (AvgIpc) is 2.64. The van der Waals surface area contributed by atoms with Gasteiger partial charge in [0.2, 0.25) is 0 Å². The molecular formula is C19H15Cl2NO3S. The second kappa shape index (κ2) is 7.99. The van der Waals surface area contributed by atoms with Gasteiger partial charge in [-0.2, -0.15) is 0 Å². The maximum Gasteiger partial charge on any atom is 0.261 e. The summed E-state index contributed by atoms with van der Waals surface area (Å²) >= 11 is 12.3. The number of hydrogen-bond donors (Lipinski definition) is 1. The van der Waals surface area contributed by atoms with Crippen molar-refractivity contribution in [1.29, 1.82) is 0 Å². The van der Waals surface area contributed by atoms with Crippen molar-refractivity contribution in [1.82, 2.24) is 0 Å². The van der Waals surface area contributed by atoms with E-state index >= 15 is 0 Å². The molecule has 3 aromatic rings. The van der Waals surface area contributed by atoms with Gasteiger partial charge in [-0.15, -0.1) is 0 Å². The summed E-state index contributed by atoms with van der Waals surface area (Å²) in [6, 6.07) is 20.5. The Morgan fingerprint density at radius 2 is 1.46 bits per heavy atom. The van der Waals surface area contributed by atoms with Gasteiger partial charge in [-0.3, -0.25) is 4.72 Å². The number of sulfonamides is 1. The molecule has 0 radical (unpaired) electrons. The van der Waals surface area contributed by atoms with Crippen LogP contribution in [0.1, 0.15) is 5.56 Å². The van der Waals surface area contributed by atoms with E-state index in [2.05, 4.69) is 4.72 Å². The van der Waals surface area contributed by atoms with Crippen molar-refractivity contribution in [3.8, 4) is 5.75 Å². The molecular weight excluding hydrogens is 393 g/mol. The molecule has 0 spiro atoms. The van der Waals surface area contributed by atoms with Crippen LogP contribution < -0.4 is 9.46 Å². The van der Waals surface area contributed by atoms with E-state index in [1.165, 1.54) is 24.3 Å². The van der Waals surface area contributed by atoms with Crippen molar-refractivity contribution in [3.05, 3.63) is 88.4 Å². The van der Waals surface area contributed by atoms with Crippen LogP contribution in [0.25, 0.3) is 0 Å². The highest BCUT2D eigenvalue weighted by Crippen LogP contribution is 2.35. The van der Waals surface area contributed by atoms with Gasteiger partial charge in [0.15, 0.2) is 0 Å². The predicted octanol–water partition coefficient (Wildman–Crippen LogP) is 5.37. The minimum atomic E-state index is -3.77. The van der Waals surface area contributed by atoms with Crippen LogP contribution in [-0.2, 0) is 16.6 Å². The minimum absolute atomic E-state index is 0.137. The second-order valence-electron chi connectivity index (χ2n) is 5.46. The average molecular weight is 408 g/mol. The van der Waals surface area contributed by atoms with Crippen LogP contribution >= 0.6 is 23.2 Å². The third-order valence-corrected chi connectivity index (χ3v) is 5.55. The third kappa shape index (κ3) is 4.49. The fourth-order valence-electron chi connectivity index (χ4n) is 2.26. The molecule has 3 aromatic carbocycles. The van der Waals surface area contributed by atoms with Gasteiger partial charge in [-0.25, -0.2) is 8.42 Å². The topological polar surface area (TPSA) is 55.4 Å². The van der Waals surface area contributed by atoms with Gasteiger partial charge in [-0.05, 0) is 23.8 Å². The molecule has 3 rings (SSSR count). The highest BCUT2D eigenvalue weighted by molar-refractivity contribution is 7.92. The van der Waals surface area contributed by atoms with E-state index in [-0.39, 0.29) is 15.6 Å². The molecule has 4 nitrogen and oxygen atoms in total. The molecule has 0 aliphatic carbocycles. The molecule has 0 aliphatic heterocycles. The Hall–Kier alpha value is -2.21. The van der Waals surface area contributed by atoms with E-state index in [1.807, 2.05) is 30.3 Å². The quantitative estimate of drug-likeness (QED) is 0.596. The van der Waals surface area contributed by atoms with E-state index in [4.69, 9.17) is 27.9 Å². The molecule has 1 N–H and O–H groups in total. The molecule has 26 heavy (non-hydrogen) atoms. The first-order valence-corrected chi connectivity index (χ1v) is 9.93. The van der Waals surface area contributed by atoms with Crippen molar-refractivity contribution in [3.63, 3.8) is 0 Å². The Morgan fingerprint density at radius 3 is 2.12 bits per heavy atom. The molecule has 0 unspecified atom stereocenters. The number of ether oxygens (including phenoxy) is 1. The fourth-order valence-corrected chi connectivity index (χ4v) is 3.89. The lowest BCUT2D eigenvalue weighted by molar-refractivity contribution is 0.306. The standard InChI is InChI=1S/C19H15Cl2NO3S/c20-16-11-17(21)19(25-13-14-7-3-1-4-8-14)12-18(16)22-26(23,24)15-9-5-2-6-10-15/h1-12,22H,13H2. The number of rotatable bonds is 6. The molecule has 0 amide bonds. The zero-order chi connectivity index (χ0) is 18.6. The summed E-state index contributed by atoms with van der Waals surface area (Å²) in [5.41, 5.74) is 1.16. The van der Waals surface area contributed by atoms with Gasteiger partial charge in [0.1, 0.15) is 12.4 Å². The maximum absolute atomic E-state index is 12.5. The van der Waals surface area contributed by atoms with Crippen molar-refractivity contribution >= 4 is 38.9 Å². The van der Waals surface area contributed by atoms with Gasteiger partial charge >= 0.3 is 0 Å². The number of benzene rings is 3. The van der Waals surface area contributed by atoms with Crippen LogP contribution in [-0.4, -0.2) is 8.42 Å². The normalized spacial score (nSPS) is 11.2. The van der Waals surface area contributed by atoms with Crippen LogP contribution in [0.5, 0.6) is 5.75 Å². The smallest absolute Gasteiger partial charge is 0.261 e. The lowest BCUT2D eigenvalue weighted by Crippen LogP contribution is -2.13. The summed E-state index contributed by atoms with van der Waals surface area (Å²) in [4.78, 5) is 0.137. The van der Waals surface area contributed by atoms with E-state index in [9.17, 15) is 8.42 Å². The van der Waals surface area contributed by atoms with Crippen molar-refractivity contribution in [2.75, 3.05) is 4.72 Å². The highest BCUT2D eigenvalue weighted by Gasteiger charge is 2.17. The van der Waals surface area contributed by atoms with Gasteiger partial charge in [0.05, 0.1) is 20.6 Å². The van der Waals surface area contributed by atoms with Crippen LogP contribution in [0.2, 0.25) is 10.0 Å². The number of nitrogens with one attached hydrogen (secondary N) is 1.